The number of anilines is 1. The van der Waals surface area contributed by atoms with Gasteiger partial charge in [-0.3, -0.25) is 9.59 Å². The molecule has 15 nitrogen and oxygen atoms in total. The smallest absolute Gasteiger partial charge is 0.483 e. The van der Waals surface area contributed by atoms with E-state index in [1.54, 1.807) is 0 Å². The van der Waals surface area contributed by atoms with Gasteiger partial charge < -0.3 is 57.5 Å². The first-order valence-corrected chi connectivity index (χ1v) is 31.8. The number of nitrogens with one attached hydrogen (secondary N) is 1. The third-order valence-corrected chi connectivity index (χ3v) is 19.4. The molecule has 0 bridgehead atoms. The van der Waals surface area contributed by atoms with Gasteiger partial charge in [0.2, 0.25) is 0 Å². The van der Waals surface area contributed by atoms with Gasteiger partial charge in [-0.05, 0) is 121 Å². The van der Waals surface area contributed by atoms with E-state index in [0.717, 1.165) is 47.4 Å². The first-order valence-electron chi connectivity index (χ1n) is 31.8. The Hall–Kier alpha value is -4.97. The summed E-state index contributed by atoms with van der Waals surface area (Å²) >= 11 is 0. The fourth-order valence-corrected chi connectivity index (χ4v) is 13.1. The number of aromatic nitrogens is 1. The molecule has 3 heterocycles. The number of nitrogens with zero attached hydrogens (tertiary/aromatic N) is 2. The minimum Gasteiger partial charge on any atom is -0.483 e. The Morgan fingerprint density at radius 3 is 1.98 bits per heavy atom. The molecule has 8 atom stereocenters. The van der Waals surface area contributed by atoms with Crippen LogP contribution < -0.4 is 15.0 Å². The molecular weight excluding hydrogens is 1090 g/mol. The quantitative estimate of drug-likeness (QED) is 0.0390. The molecule has 1 aromatic heterocycles. The van der Waals surface area contributed by atoms with Gasteiger partial charge in [-0.1, -0.05) is 133 Å². The average Bonchev–Trinajstić information content (AvgIpc) is 1.51. The number of aliphatic hydroxyl groups is 1. The lowest BCUT2D eigenvalue weighted by atomic mass is 9.54. The Morgan fingerprint density at radius 2 is 1.41 bits per heavy atom. The second-order valence-corrected chi connectivity index (χ2v) is 28.8. The highest BCUT2D eigenvalue weighted by molar-refractivity contribution is 6.36. The molecule has 478 valence electrons. The van der Waals surface area contributed by atoms with Crippen molar-refractivity contribution in [2.45, 2.75) is 239 Å². The van der Waals surface area contributed by atoms with Crippen molar-refractivity contribution in [3.63, 3.8) is 0 Å². The maximum atomic E-state index is 14.4. The topological polar surface area (TPSA) is 165 Å². The highest BCUT2D eigenvalue weighted by Crippen LogP contribution is 2.57. The van der Waals surface area contributed by atoms with Crippen LogP contribution in [-0.2, 0) is 54.6 Å². The number of rotatable bonds is 29. The summed E-state index contributed by atoms with van der Waals surface area (Å²) in [5, 5.41) is 15.7. The van der Waals surface area contributed by atoms with Gasteiger partial charge in [0.25, 0.3) is 5.91 Å². The fraction of sp³-hybridized carbons (Fsp3) is 0.671. The number of carbonyl (C=O) groups excluding carboxylic acids is 3. The molecular formula is C70H108BN3O12. The first-order chi connectivity index (χ1) is 40.1. The zero-order valence-electron chi connectivity index (χ0n) is 56.6. The molecule has 2 aliphatic rings. The van der Waals surface area contributed by atoms with Crippen LogP contribution in [0.25, 0.3) is 10.9 Å². The summed E-state index contributed by atoms with van der Waals surface area (Å²) in [7, 11) is -1.01. The first kappa shape index (κ1) is 70.1. The lowest BCUT2D eigenvalue weighted by Gasteiger charge is -2.55. The van der Waals surface area contributed by atoms with Gasteiger partial charge in [0, 0.05) is 108 Å². The van der Waals surface area contributed by atoms with Gasteiger partial charge in [-0.2, -0.15) is 0 Å². The number of esters is 2. The number of cyclic esters (lactones) is 1. The van der Waals surface area contributed by atoms with Crippen LogP contribution in [0.2, 0.25) is 0 Å². The molecule has 1 fully saturated rings. The number of amides is 1. The summed E-state index contributed by atoms with van der Waals surface area (Å²) in [4.78, 5) is 43.6. The van der Waals surface area contributed by atoms with Crippen molar-refractivity contribution in [1.29, 1.82) is 0 Å². The van der Waals surface area contributed by atoms with E-state index in [4.69, 9.17) is 37.6 Å². The van der Waals surface area contributed by atoms with E-state index in [-0.39, 0.29) is 66.9 Å². The molecule has 0 aliphatic carbocycles. The van der Waals surface area contributed by atoms with Crippen molar-refractivity contribution >= 4 is 41.8 Å². The van der Waals surface area contributed by atoms with Crippen molar-refractivity contribution in [2.75, 3.05) is 37.7 Å². The van der Waals surface area contributed by atoms with Gasteiger partial charge in [-0.15, -0.1) is 0 Å². The summed E-state index contributed by atoms with van der Waals surface area (Å²) in [6.45, 7) is 47.4. The molecule has 2 aliphatic heterocycles. The van der Waals surface area contributed by atoms with E-state index < -0.39 is 59.0 Å². The third-order valence-electron chi connectivity index (χ3n) is 19.4. The largest absolute Gasteiger partial charge is 0.640 e. The maximum Gasteiger partial charge on any atom is 0.640 e. The fourth-order valence-electron chi connectivity index (χ4n) is 13.1. The summed E-state index contributed by atoms with van der Waals surface area (Å²) in [6.07, 6.45) is 0.104. The zero-order valence-corrected chi connectivity index (χ0v) is 56.6. The Morgan fingerprint density at radius 1 is 0.791 bits per heavy atom. The average molecular weight is 1190 g/mol. The Labute approximate surface area is 516 Å². The van der Waals surface area contributed by atoms with Crippen LogP contribution in [0.3, 0.4) is 0 Å². The van der Waals surface area contributed by atoms with Gasteiger partial charge in [0.15, 0.2) is 18.5 Å². The van der Waals surface area contributed by atoms with Crippen LogP contribution in [0.1, 0.15) is 210 Å². The van der Waals surface area contributed by atoms with Crippen LogP contribution in [0.5, 0.6) is 5.75 Å². The number of hydrogen-bond acceptors (Lipinski definition) is 13. The molecule has 8 unspecified atom stereocenters. The minimum absolute atomic E-state index is 0.0585. The Bertz CT molecular complexity index is 2930. The molecule has 2 N–H and O–H groups in total. The third kappa shape index (κ3) is 15.2. The summed E-state index contributed by atoms with van der Waals surface area (Å²) in [5.41, 5.74) is 0.957. The number of para-hydroxylation sites is 1. The van der Waals surface area contributed by atoms with Crippen molar-refractivity contribution in [1.82, 2.24) is 9.88 Å². The highest BCUT2D eigenvalue weighted by Gasteiger charge is 2.57. The molecule has 0 radical (unpaired) electrons. The van der Waals surface area contributed by atoms with E-state index in [2.05, 4.69) is 145 Å². The highest BCUT2D eigenvalue weighted by atomic mass is 16.7. The van der Waals surface area contributed by atoms with Crippen LogP contribution in [0.15, 0.2) is 66.7 Å². The molecule has 16 heteroatoms. The van der Waals surface area contributed by atoms with Crippen LogP contribution >= 0.6 is 0 Å². The standard InChI is InChI=1S/C70H108BN3O12/c1-23-68(21,67(19,20)59(86-71(84-45(5)6)85-46(7)8)41-69(22,44-75)66(17,18)58(80-48(10)76)40-64(11,12)13)39-50-38-57(65(14,15)16)82-61(81-50)42-72-60(77)43-79-56-37-49(73(24-2)25-3)35-36-54(56)70(53-33-29-27-31-51(53)63(78)83-70)62-47(9)74(26-4)55-34-30-28-32-52(55)62/h27-37,45-46,50,57-59,61,75H,23-26,38-44H2,1-22H3,(H,72,77). The van der Waals surface area contributed by atoms with E-state index in [1.807, 2.05) is 82.3 Å². The number of carbonyl (C=O) groups is 3. The normalized spacial score (nSPS) is 20.7. The van der Waals surface area contributed by atoms with E-state index in [0.29, 0.717) is 54.7 Å². The molecule has 0 saturated carbocycles. The predicted molar refractivity (Wildman–Crippen MR) is 343 cm³/mol. The molecule has 86 heavy (non-hydrogen) atoms. The Kier molecular flexibility index (Phi) is 22.7. The van der Waals surface area contributed by atoms with Crippen molar-refractivity contribution < 1.29 is 57.1 Å². The predicted octanol–water partition coefficient (Wildman–Crippen LogP) is 14.2. The maximum absolute atomic E-state index is 14.4. The number of aliphatic hydroxyl groups excluding tert-OH is 1. The number of aryl methyl sites for hydroxylation is 1. The minimum atomic E-state index is -1.42. The van der Waals surface area contributed by atoms with Crippen LogP contribution in [0.4, 0.5) is 5.69 Å². The number of fused-ring (bicyclic) bond motifs is 2. The summed E-state index contributed by atoms with van der Waals surface area (Å²) in [6, 6.07) is 21.7. The second-order valence-electron chi connectivity index (χ2n) is 28.8. The van der Waals surface area contributed by atoms with Gasteiger partial charge in [0.1, 0.15) is 11.9 Å². The SMILES string of the molecule is CCN(CC)c1ccc(C2(c3c(C)n(CC)c4ccccc34)OC(=O)c3ccccc32)c(OCC(=O)NCC2OC(CC(C)(CC)C(C)(C)C(CC(C)(CO)C(C)(C)C(CC(C)(C)C)OC(C)=O)OB(OC(C)C)OC(C)C)CC(C(C)(C)C)O2)c1. The second kappa shape index (κ2) is 27.8. The number of hydrogen-bond donors (Lipinski definition) is 2. The lowest BCUT2D eigenvalue weighted by Crippen LogP contribution is -2.56. The molecule has 1 saturated heterocycles. The summed E-state index contributed by atoms with van der Waals surface area (Å²) < 4.78 is 55.6. The Balaban J connectivity index is 1.32. The summed E-state index contributed by atoms with van der Waals surface area (Å²) in [5.74, 6) is -0.766. The van der Waals surface area contributed by atoms with Crippen LogP contribution in [0, 0.1) is 39.4 Å². The van der Waals surface area contributed by atoms with Crippen molar-refractivity contribution in [3.8, 4) is 5.75 Å². The van der Waals surface area contributed by atoms with E-state index in [1.165, 1.54) is 6.92 Å². The molecule has 0 spiro atoms. The molecule has 4 aromatic rings. The van der Waals surface area contributed by atoms with E-state index in [9.17, 15) is 19.5 Å². The monoisotopic (exact) mass is 1190 g/mol. The number of ether oxygens (including phenoxy) is 5. The molecule has 6 rings (SSSR count). The number of benzene rings is 3. The molecule has 1 amide bonds. The van der Waals surface area contributed by atoms with Gasteiger partial charge >= 0.3 is 19.3 Å². The van der Waals surface area contributed by atoms with Crippen molar-refractivity contribution in [2.24, 2.45) is 32.5 Å². The van der Waals surface area contributed by atoms with Crippen molar-refractivity contribution in [3.05, 3.63) is 94.7 Å². The van der Waals surface area contributed by atoms with Gasteiger partial charge in [-0.25, -0.2) is 4.79 Å². The van der Waals surface area contributed by atoms with Gasteiger partial charge in [0.05, 0.1) is 30.4 Å². The molecule has 3 aromatic carbocycles. The lowest BCUT2D eigenvalue weighted by molar-refractivity contribution is -0.267. The van der Waals surface area contributed by atoms with E-state index >= 15 is 0 Å². The zero-order chi connectivity index (χ0) is 64.1. The van der Waals surface area contributed by atoms with Crippen LogP contribution in [-0.4, -0.2) is 111 Å².